The maximum Gasteiger partial charge on any atom is 0.353 e. The van der Waals surface area contributed by atoms with Gasteiger partial charge in [0, 0.05) is 5.39 Å². The van der Waals surface area contributed by atoms with Crippen LogP contribution in [0.4, 0.5) is 5.69 Å². The number of nitro groups is 1. The van der Waals surface area contributed by atoms with Crippen molar-refractivity contribution < 1.29 is 24.4 Å². The molecule has 0 saturated heterocycles. The lowest BCUT2D eigenvalue weighted by atomic mass is 9.95. The van der Waals surface area contributed by atoms with Crippen LogP contribution in [0.2, 0.25) is 0 Å². The fourth-order valence-corrected chi connectivity index (χ4v) is 2.18. The largest absolute Gasteiger partial charge is 0.502 e. The third-order valence-electron chi connectivity index (χ3n) is 2.91. The van der Waals surface area contributed by atoms with Gasteiger partial charge >= 0.3 is 17.6 Å². The lowest BCUT2D eigenvalue weighted by molar-refractivity contribution is -0.386. The van der Waals surface area contributed by atoms with Crippen molar-refractivity contribution in [2.45, 2.75) is 0 Å². The first-order valence-electron chi connectivity index (χ1n) is 5.20. The summed E-state index contributed by atoms with van der Waals surface area (Å²) >= 11 is 0. The summed E-state index contributed by atoms with van der Waals surface area (Å²) in [6.07, 6.45) is 0. The Kier molecular flexibility index (Phi) is 2.06. The maximum atomic E-state index is 11.7. The number of carbonyl (C=O) groups excluding carboxylic acids is 2. The first-order valence-corrected chi connectivity index (χ1v) is 5.20. The fraction of sp³-hybridized carbons (Fsp3) is 0. The van der Waals surface area contributed by atoms with Gasteiger partial charge in [0.2, 0.25) is 0 Å². The van der Waals surface area contributed by atoms with E-state index in [4.69, 9.17) is 0 Å². The highest BCUT2D eigenvalue weighted by atomic mass is 16.6. The SMILES string of the molecule is O=C1OC(=O)c2c([N+](=O)[O-])c(O)cc3cccc1c23. The molecule has 2 aromatic rings. The molecule has 0 bridgehead atoms. The van der Waals surface area contributed by atoms with Crippen LogP contribution in [0.25, 0.3) is 10.8 Å². The molecule has 0 atom stereocenters. The van der Waals surface area contributed by atoms with E-state index in [2.05, 4.69) is 4.74 Å². The minimum atomic E-state index is -1.13. The van der Waals surface area contributed by atoms with Crippen LogP contribution in [0, 0.1) is 10.1 Å². The molecule has 1 heterocycles. The van der Waals surface area contributed by atoms with Crippen molar-refractivity contribution in [2.24, 2.45) is 0 Å². The molecule has 0 unspecified atom stereocenters. The van der Waals surface area contributed by atoms with E-state index in [1.807, 2.05) is 0 Å². The minimum absolute atomic E-state index is 0.0650. The highest BCUT2D eigenvalue weighted by molar-refractivity contribution is 6.23. The van der Waals surface area contributed by atoms with Gasteiger partial charge in [-0.2, -0.15) is 0 Å². The molecule has 2 aromatic carbocycles. The molecule has 7 nitrogen and oxygen atoms in total. The Hall–Kier alpha value is -2.96. The van der Waals surface area contributed by atoms with Crippen LogP contribution in [0.1, 0.15) is 20.7 Å². The van der Waals surface area contributed by atoms with Gasteiger partial charge in [-0.05, 0) is 17.5 Å². The number of hydrogen-bond donors (Lipinski definition) is 1. The molecule has 0 aromatic heterocycles. The molecular formula is C12H5NO6. The first-order chi connectivity index (χ1) is 9.00. The van der Waals surface area contributed by atoms with Gasteiger partial charge in [0.15, 0.2) is 11.3 Å². The van der Waals surface area contributed by atoms with Crippen molar-refractivity contribution in [3.05, 3.63) is 45.5 Å². The normalized spacial score (nSPS) is 13.5. The molecule has 19 heavy (non-hydrogen) atoms. The van der Waals surface area contributed by atoms with Crippen LogP contribution in [0.15, 0.2) is 24.3 Å². The number of phenols is 1. The Balaban J connectivity index is 2.59. The van der Waals surface area contributed by atoms with E-state index in [-0.39, 0.29) is 10.9 Å². The van der Waals surface area contributed by atoms with Gasteiger partial charge in [-0.3, -0.25) is 10.1 Å². The zero-order valence-corrected chi connectivity index (χ0v) is 9.25. The second-order valence-electron chi connectivity index (χ2n) is 3.96. The lowest BCUT2D eigenvalue weighted by Gasteiger charge is -2.15. The van der Waals surface area contributed by atoms with E-state index >= 15 is 0 Å². The Bertz CT molecular complexity index is 779. The zero-order valence-electron chi connectivity index (χ0n) is 9.25. The average molecular weight is 259 g/mol. The number of phenolic OH excluding ortho intramolecular Hbond substituents is 1. The smallest absolute Gasteiger partial charge is 0.353 e. The number of benzene rings is 2. The molecule has 1 aliphatic heterocycles. The summed E-state index contributed by atoms with van der Waals surface area (Å²) in [4.78, 5) is 33.4. The summed E-state index contributed by atoms with van der Waals surface area (Å²) in [5.41, 5.74) is -1.08. The van der Waals surface area contributed by atoms with E-state index in [1.165, 1.54) is 18.2 Å². The third kappa shape index (κ3) is 1.38. The van der Waals surface area contributed by atoms with Gasteiger partial charge in [-0.15, -0.1) is 0 Å². The molecule has 0 radical (unpaired) electrons. The lowest BCUT2D eigenvalue weighted by Crippen LogP contribution is -2.20. The molecule has 1 N–H and O–H groups in total. The molecule has 0 saturated carbocycles. The van der Waals surface area contributed by atoms with E-state index < -0.39 is 33.9 Å². The van der Waals surface area contributed by atoms with Crippen molar-refractivity contribution in [1.29, 1.82) is 0 Å². The van der Waals surface area contributed by atoms with Gasteiger partial charge in [-0.1, -0.05) is 12.1 Å². The van der Waals surface area contributed by atoms with Crippen LogP contribution in [-0.4, -0.2) is 22.0 Å². The summed E-state index contributed by atoms with van der Waals surface area (Å²) in [5.74, 6) is -2.63. The zero-order chi connectivity index (χ0) is 13.7. The second-order valence-corrected chi connectivity index (χ2v) is 3.96. The molecule has 0 spiro atoms. The number of hydrogen-bond acceptors (Lipinski definition) is 6. The van der Waals surface area contributed by atoms with Crippen LogP contribution in [0.5, 0.6) is 5.75 Å². The number of cyclic esters (lactones) is 2. The van der Waals surface area contributed by atoms with Gasteiger partial charge < -0.3 is 9.84 Å². The second kappa shape index (κ2) is 3.52. The minimum Gasteiger partial charge on any atom is -0.502 e. The van der Waals surface area contributed by atoms with Crippen LogP contribution in [0.3, 0.4) is 0 Å². The van der Waals surface area contributed by atoms with Crippen molar-refractivity contribution in [2.75, 3.05) is 0 Å². The summed E-state index contributed by atoms with van der Waals surface area (Å²) < 4.78 is 4.46. The molecule has 3 rings (SSSR count). The van der Waals surface area contributed by atoms with Crippen molar-refractivity contribution in [3.63, 3.8) is 0 Å². The molecular weight excluding hydrogens is 254 g/mol. The van der Waals surface area contributed by atoms with Crippen LogP contribution in [-0.2, 0) is 4.74 Å². The fourth-order valence-electron chi connectivity index (χ4n) is 2.18. The van der Waals surface area contributed by atoms with Crippen molar-refractivity contribution >= 4 is 28.4 Å². The topological polar surface area (TPSA) is 107 Å². The Labute approximate surface area is 105 Å². The summed E-state index contributed by atoms with van der Waals surface area (Å²) in [7, 11) is 0. The third-order valence-corrected chi connectivity index (χ3v) is 2.91. The van der Waals surface area contributed by atoms with Crippen LogP contribution < -0.4 is 0 Å². The molecule has 0 fully saturated rings. The summed E-state index contributed by atoms with van der Waals surface area (Å²) in [5, 5.41) is 21.1. The molecule has 0 aliphatic carbocycles. The standard InChI is InChI=1S/C12H5NO6/c14-7-4-5-2-1-3-6-8(5)9(10(7)13(17)18)12(16)19-11(6)15/h1-4,14H. The molecule has 1 aliphatic rings. The van der Waals surface area contributed by atoms with E-state index in [1.54, 1.807) is 0 Å². The van der Waals surface area contributed by atoms with Gasteiger partial charge in [-0.25, -0.2) is 9.59 Å². The number of nitrogens with zero attached hydrogens (tertiary/aromatic N) is 1. The predicted molar refractivity (Wildman–Crippen MR) is 62.0 cm³/mol. The molecule has 0 amide bonds. The first kappa shape index (κ1) is 11.1. The van der Waals surface area contributed by atoms with Gasteiger partial charge in [0.1, 0.15) is 0 Å². The average Bonchev–Trinajstić information content (AvgIpc) is 2.34. The predicted octanol–water partition coefficient (Wildman–Crippen LogP) is 1.76. The quantitative estimate of drug-likeness (QED) is 0.362. The van der Waals surface area contributed by atoms with E-state index in [0.29, 0.717) is 5.39 Å². The Morgan fingerprint density at radius 2 is 1.95 bits per heavy atom. The van der Waals surface area contributed by atoms with Crippen molar-refractivity contribution in [3.8, 4) is 5.75 Å². The van der Waals surface area contributed by atoms with E-state index in [0.717, 1.165) is 6.07 Å². The number of aromatic hydroxyl groups is 1. The maximum absolute atomic E-state index is 11.7. The van der Waals surface area contributed by atoms with E-state index in [9.17, 15) is 24.8 Å². The van der Waals surface area contributed by atoms with Gasteiger partial charge in [0.05, 0.1) is 10.5 Å². The number of nitro benzene ring substituents is 1. The van der Waals surface area contributed by atoms with Crippen molar-refractivity contribution in [1.82, 2.24) is 0 Å². The highest BCUT2D eigenvalue weighted by Gasteiger charge is 2.36. The monoisotopic (exact) mass is 259 g/mol. The number of carbonyl (C=O) groups is 2. The van der Waals surface area contributed by atoms with Gasteiger partial charge in [0.25, 0.3) is 0 Å². The molecule has 7 heteroatoms. The summed E-state index contributed by atoms with van der Waals surface area (Å²) in [6, 6.07) is 5.62. The highest BCUT2D eigenvalue weighted by Crippen LogP contribution is 2.40. The Morgan fingerprint density at radius 1 is 1.21 bits per heavy atom. The Morgan fingerprint density at radius 3 is 2.63 bits per heavy atom. The summed E-state index contributed by atoms with van der Waals surface area (Å²) in [6.45, 7) is 0. The molecule has 94 valence electrons. The number of esters is 2. The number of ether oxygens (including phenoxy) is 1. The van der Waals surface area contributed by atoms with Crippen LogP contribution >= 0.6 is 0 Å². The number of rotatable bonds is 1.